The molecule has 0 aliphatic carbocycles. The summed E-state index contributed by atoms with van der Waals surface area (Å²) < 4.78 is 1.89. The van der Waals surface area contributed by atoms with E-state index in [1.165, 1.54) is 16.2 Å². The zero-order valence-electron chi connectivity index (χ0n) is 15.0. The van der Waals surface area contributed by atoms with E-state index in [0.717, 1.165) is 32.1 Å². The first-order chi connectivity index (χ1) is 13.3. The average molecular weight is 397 g/mol. The Labute approximate surface area is 163 Å². The Kier molecular flexibility index (Phi) is 5.19. The van der Waals surface area contributed by atoms with Crippen molar-refractivity contribution in [2.24, 2.45) is 0 Å². The summed E-state index contributed by atoms with van der Waals surface area (Å²) in [7, 11) is 1.58. The zero-order valence-corrected chi connectivity index (χ0v) is 15.8. The van der Waals surface area contributed by atoms with Crippen molar-refractivity contribution in [1.82, 2.24) is 14.5 Å². The van der Waals surface area contributed by atoms with E-state index < -0.39 is 28.6 Å². The van der Waals surface area contributed by atoms with Crippen LogP contribution in [-0.4, -0.2) is 32.3 Å². The highest BCUT2D eigenvalue weighted by Crippen LogP contribution is 2.28. The topological polar surface area (TPSA) is 122 Å². The molecule has 0 spiro atoms. The van der Waals surface area contributed by atoms with Gasteiger partial charge in [0, 0.05) is 13.1 Å². The van der Waals surface area contributed by atoms with Gasteiger partial charge in [-0.1, -0.05) is 12.1 Å². The third-order valence-electron chi connectivity index (χ3n) is 4.35. The summed E-state index contributed by atoms with van der Waals surface area (Å²) in [6.45, 7) is 1.40. The molecule has 1 aromatic carbocycles. The summed E-state index contributed by atoms with van der Waals surface area (Å²) in [6, 6.07) is 9.79. The van der Waals surface area contributed by atoms with Gasteiger partial charge in [0.15, 0.2) is 0 Å². The first-order valence-corrected chi connectivity index (χ1v) is 9.03. The lowest BCUT2D eigenvalue weighted by Gasteiger charge is -2.23. The molecule has 0 radical (unpaired) electrons. The van der Waals surface area contributed by atoms with E-state index in [9.17, 15) is 19.7 Å². The smallest absolute Gasteiger partial charge is 0.287 e. The number of fused-ring (bicyclic) bond motifs is 1. The molecule has 0 saturated carbocycles. The van der Waals surface area contributed by atoms with Crippen molar-refractivity contribution in [3.8, 4) is 6.07 Å². The van der Waals surface area contributed by atoms with Crippen molar-refractivity contribution >= 4 is 33.1 Å². The maximum Gasteiger partial charge on any atom is 0.287 e. The van der Waals surface area contributed by atoms with E-state index in [1.54, 1.807) is 13.1 Å². The molecule has 3 aromatic rings. The van der Waals surface area contributed by atoms with Crippen molar-refractivity contribution < 1.29 is 9.72 Å². The van der Waals surface area contributed by atoms with Crippen LogP contribution in [-0.2, 0) is 11.3 Å². The molecule has 142 valence electrons. The molecule has 0 bridgehead atoms. The van der Waals surface area contributed by atoms with E-state index in [0.29, 0.717) is 0 Å². The number of likely N-dealkylation sites (N-methyl/N-ethyl adjacent to an activating group) is 1. The molecule has 0 saturated heterocycles. The van der Waals surface area contributed by atoms with Crippen LogP contribution in [0.2, 0.25) is 0 Å². The molecule has 9 nitrogen and oxygen atoms in total. The number of nitrogens with zero attached hydrogens (tertiary/aromatic N) is 5. The first kappa shape index (κ1) is 19.2. The van der Waals surface area contributed by atoms with Gasteiger partial charge in [0.05, 0.1) is 27.4 Å². The SMILES string of the molecule is C[C@H](c1nc2ccccc2s1)N(C)C(=O)Cn1cc([N+](=O)[O-])cc(C#N)c1=O. The molecule has 0 unspecified atom stereocenters. The van der Waals surface area contributed by atoms with Gasteiger partial charge in [-0.2, -0.15) is 5.26 Å². The van der Waals surface area contributed by atoms with Gasteiger partial charge in [-0.3, -0.25) is 24.3 Å². The predicted octanol–water partition coefficient (Wildman–Crippen LogP) is 2.46. The number of rotatable bonds is 5. The number of nitro groups is 1. The highest BCUT2D eigenvalue weighted by atomic mass is 32.1. The molecule has 28 heavy (non-hydrogen) atoms. The van der Waals surface area contributed by atoms with Gasteiger partial charge in [-0.15, -0.1) is 11.3 Å². The zero-order chi connectivity index (χ0) is 20.4. The normalized spacial score (nSPS) is 11.8. The van der Waals surface area contributed by atoms with Crippen LogP contribution in [0.5, 0.6) is 0 Å². The number of amides is 1. The highest BCUT2D eigenvalue weighted by molar-refractivity contribution is 7.18. The second-order valence-electron chi connectivity index (χ2n) is 6.11. The van der Waals surface area contributed by atoms with E-state index in [-0.39, 0.29) is 11.6 Å². The maximum atomic E-state index is 12.7. The first-order valence-electron chi connectivity index (χ1n) is 8.22. The van der Waals surface area contributed by atoms with Crippen molar-refractivity contribution in [1.29, 1.82) is 5.26 Å². The summed E-state index contributed by atoms with van der Waals surface area (Å²) >= 11 is 1.47. The standard InChI is InChI=1S/C18H15N5O4S/c1-11(17-20-14-5-3-4-6-15(14)28-17)21(2)16(24)10-22-9-13(23(26)27)7-12(8-19)18(22)25/h3-7,9,11H,10H2,1-2H3/t11-/m1/s1. The summed E-state index contributed by atoms with van der Waals surface area (Å²) in [5.74, 6) is -0.432. The van der Waals surface area contributed by atoms with Crippen LogP contribution in [0.15, 0.2) is 41.3 Å². The number of thiazole rings is 1. The predicted molar refractivity (Wildman–Crippen MR) is 103 cm³/mol. The minimum absolute atomic E-state index is 0.352. The Bertz CT molecular complexity index is 1140. The van der Waals surface area contributed by atoms with Crippen molar-refractivity contribution in [2.75, 3.05) is 7.05 Å². The van der Waals surface area contributed by atoms with Crippen molar-refractivity contribution in [2.45, 2.75) is 19.5 Å². The molecule has 3 rings (SSSR count). The molecule has 0 aliphatic heterocycles. The number of benzene rings is 1. The van der Waals surface area contributed by atoms with Gasteiger partial charge in [-0.05, 0) is 19.1 Å². The van der Waals surface area contributed by atoms with Crippen LogP contribution in [0, 0.1) is 21.4 Å². The number of carbonyl (C=O) groups is 1. The fraction of sp³-hybridized carbons (Fsp3) is 0.222. The summed E-state index contributed by atoms with van der Waals surface area (Å²) in [6.07, 6.45) is 0.970. The van der Waals surface area contributed by atoms with E-state index in [2.05, 4.69) is 4.98 Å². The minimum Gasteiger partial charge on any atom is -0.335 e. The average Bonchev–Trinajstić information content (AvgIpc) is 3.12. The summed E-state index contributed by atoms with van der Waals surface area (Å²) in [4.78, 5) is 41.1. The second kappa shape index (κ2) is 7.58. The van der Waals surface area contributed by atoms with Gasteiger partial charge in [0.1, 0.15) is 23.2 Å². The highest BCUT2D eigenvalue weighted by Gasteiger charge is 2.22. The van der Waals surface area contributed by atoms with E-state index in [4.69, 9.17) is 5.26 Å². The van der Waals surface area contributed by atoms with E-state index in [1.807, 2.05) is 31.2 Å². The quantitative estimate of drug-likeness (QED) is 0.481. The number of pyridine rings is 1. The van der Waals surface area contributed by atoms with Gasteiger partial charge in [-0.25, -0.2) is 4.98 Å². The Balaban J connectivity index is 1.86. The molecule has 0 N–H and O–H groups in total. The lowest BCUT2D eigenvalue weighted by atomic mass is 10.2. The molecular weight excluding hydrogens is 382 g/mol. The summed E-state index contributed by atoms with van der Waals surface area (Å²) in [5.41, 5.74) is -0.721. The molecule has 1 atom stereocenters. The summed E-state index contributed by atoms with van der Waals surface area (Å²) in [5, 5.41) is 20.8. The molecule has 1 amide bonds. The molecule has 0 aliphatic rings. The molecule has 10 heteroatoms. The lowest BCUT2D eigenvalue weighted by Crippen LogP contribution is -2.36. The van der Waals surface area contributed by atoms with Crippen LogP contribution in [0.1, 0.15) is 23.5 Å². The van der Waals surface area contributed by atoms with Crippen LogP contribution < -0.4 is 5.56 Å². The number of para-hydroxylation sites is 1. The number of carbonyl (C=O) groups excluding carboxylic acids is 1. The second-order valence-corrected chi connectivity index (χ2v) is 7.18. The fourth-order valence-electron chi connectivity index (χ4n) is 2.62. The van der Waals surface area contributed by atoms with Crippen molar-refractivity contribution in [3.05, 3.63) is 67.6 Å². The third-order valence-corrected chi connectivity index (χ3v) is 5.56. The number of nitriles is 1. The molecule has 2 heterocycles. The molecular formula is C18H15N5O4S. The Morgan fingerprint density at radius 3 is 2.82 bits per heavy atom. The third kappa shape index (κ3) is 3.60. The van der Waals surface area contributed by atoms with Crippen molar-refractivity contribution in [3.63, 3.8) is 0 Å². The van der Waals surface area contributed by atoms with Crippen LogP contribution >= 0.6 is 11.3 Å². The van der Waals surface area contributed by atoms with E-state index >= 15 is 0 Å². The van der Waals surface area contributed by atoms with Crippen LogP contribution in [0.25, 0.3) is 10.2 Å². The van der Waals surface area contributed by atoms with Crippen LogP contribution in [0.3, 0.4) is 0 Å². The van der Waals surface area contributed by atoms with Gasteiger partial charge >= 0.3 is 0 Å². The number of aromatic nitrogens is 2. The minimum atomic E-state index is -0.748. The largest absolute Gasteiger partial charge is 0.335 e. The Morgan fingerprint density at radius 1 is 1.46 bits per heavy atom. The fourth-order valence-corrected chi connectivity index (χ4v) is 3.69. The van der Waals surface area contributed by atoms with Crippen LogP contribution in [0.4, 0.5) is 5.69 Å². The molecule has 2 aromatic heterocycles. The van der Waals surface area contributed by atoms with Gasteiger partial charge in [0.25, 0.3) is 11.2 Å². The monoisotopic (exact) mass is 397 g/mol. The number of hydrogen-bond acceptors (Lipinski definition) is 7. The Hall–Kier alpha value is -3.58. The lowest BCUT2D eigenvalue weighted by molar-refractivity contribution is -0.385. The Morgan fingerprint density at radius 2 is 2.18 bits per heavy atom. The number of hydrogen-bond donors (Lipinski definition) is 0. The van der Waals surface area contributed by atoms with Gasteiger partial charge < -0.3 is 4.90 Å². The maximum absolute atomic E-state index is 12.7. The van der Waals surface area contributed by atoms with Gasteiger partial charge in [0.2, 0.25) is 5.91 Å². The molecule has 0 fully saturated rings.